The molecule has 0 aliphatic carbocycles. The summed E-state index contributed by atoms with van der Waals surface area (Å²) in [4.78, 5) is 15.6. The first kappa shape index (κ1) is 18.1. The molecule has 2 amide bonds. The summed E-state index contributed by atoms with van der Waals surface area (Å²) in [6.07, 6.45) is -5.70. The normalized spacial score (nSPS) is 20.5. The van der Waals surface area contributed by atoms with Crippen LogP contribution in [0.3, 0.4) is 0 Å². The van der Waals surface area contributed by atoms with Gasteiger partial charge in [-0.15, -0.1) is 0 Å². The van der Waals surface area contributed by atoms with Crippen LogP contribution >= 0.6 is 0 Å². The second-order valence-electron chi connectivity index (χ2n) is 5.77. The van der Waals surface area contributed by atoms with E-state index in [2.05, 4.69) is 20.6 Å². The molecule has 0 saturated heterocycles. The van der Waals surface area contributed by atoms with Crippen LogP contribution in [0.4, 0.5) is 18.0 Å². The molecular formula is C15H18F3N3O3. The Morgan fingerprint density at radius 1 is 1.38 bits per heavy atom. The summed E-state index contributed by atoms with van der Waals surface area (Å²) in [5.41, 5.74) is 1.18. The van der Waals surface area contributed by atoms with Crippen LogP contribution in [-0.2, 0) is 11.4 Å². The molecule has 0 saturated carbocycles. The lowest BCUT2D eigenvalue weighted by molar-refractivity contribution is -0.355. The van der Waals surface area contributed by atoms with Crippen molar-refractivity contribution in [2.45, 2.75) is 44.8 Å². The SMILES string of the molecule is CC(C)NC(=O)NCc1ccc(C2=NOC(O)(C(F)(F)F)C2)cc1. The molecular weight excluding hydrogens is 327 g/mol. The number of hydrogen-bond acceptors (Lipinski definition) is 4. The summed E-state index contributed by atoms with van der Waals surface area (Å²) in [6.45, 7) is 3.94. The van der Waals surface area contributed by atoms with Gasteiger partial charge in [-0.05, 0) is 25.0 Å². The summed E-state index contributed by atoms with van der Waals surface area (Å²) in [5.74, 6) is -3.28. The number of hydrogen-bond donors (Lipinski definition) is 3. The lowest BCUT2D eigenvalue weighted by Gasteiger charge is -2.22. The van der Waals surface area contributed by atoms with Crippen molar-refractivity contribution < 1.29 is 27.9 Å². The molecule has 1 atom stereocenters. The van der Waals surface area contributed by atoms with Gasteiger partial charge in [0, 0.05) is 12.6 Å². The molecule has 24 heavy (non-hydrogen) atoms. The Morgan fingerprint density at radius 2 is 2.00 bits per heavy atom. The number of benzene rings is 1. The topological polar surface area (TPSA) is 83.0 Å². The van der Waals surface area contributed by atoms with Crippen LogP contribution in [0.15, 0.2) is 29.4 Å². The number of carbonyl (C=O) groups is 1. The third kappa shape index (κ3) is 4.16. The molecule has 0 radical (unpaired) electrons. The highest BCUT2D eigenvalue weighted by molar-refractivity contribution is 6.01. The minimum Gasteiger partial charge on any atom is -0.350 e. The number of aliphatic hydroxyl groups is 1. The average molecular weight is 345 g/mol. The fourth-order valence-corrected chi connectivity index (χ4v) is 2.04. The fourth-order valence-electron chi connectivity index (χ4n) is 2.04. The summed E-state index contributed by atoms with van der Waals surface area (Å²) in [6, 6.07) is 6.12. The average Bonchev–Trinajstić information content (AvgIpc) is 2.89. The molecule has 1 unspecified atom stereocenters. The van der Waals surface area contributed by atoms with Gasteiger partial charge in [-0.25, -0.2) is 4.79 Å². The van der Waals surface area contributed by atoms with E-state index < -0.39 is 18.4 Å². The van der Waals surface area contributed by atoms with Gasteiger partial charge in [-0.1, -0.05) is 29.4 Å². The molecule has 1 heterocycles. The molecule has 1 aliphatic heterocycles. The van der Waals surface area contributed by atoms with E-state index in [-0.39, 0.29) is 24.3 Å². The van der Waals surface area contributed by atoms with Gasteiger partial charge in [0.2, 0.25) is 0 Å². The monoisotopic (exact) mass is 345 g/mol. The van der Waals surface area contributed by atoms with Crippen LogP contribution in [0, 0.1) is 0 Å². The number of amides is 2. The summed E-state index contributed by atoms with van der Waals surface area (Å²) in [7, 11) is 0. The van der Waals surface area contributed by atoms with Crippen molar-refractivity contribution in [1.82, 2.24) is 10.6 Å². The van der Waals surface area contributed by atoms with Gasteiger partial charge in [0.25, 0.3) is 0 Å². The smallest absolute Gasteiger partial charge is 0.350 e. The number of urea groups is 1. The van der Waals surface area contributed by atoms with E-state index in [0.29, 0.717) is 5.56 Å². The molecule has 2 rings (SSSR count). The first-order chi connectivity index (χ1) is 11.1. The molecule has 3 N–H and O–H groups in total. The third-order valence-electron chi connectivity index (χ3n) is 3.32. The number of halogens is 3. The summed E-state index contributed by atoms with van der Waals surface area (Å²) < 4.78 is 38.0. The Hall–Kier alpha value is -2.29. The highest BCUT2D eigenvalue weighted by Gasteiger charge is 2.60. The van der Waals surface area contributed by atoms with Crippen molar-refractivity contribution in [2.24, 2.45) is 5.16 Å². The Kier molecular flexibility index (Phi) is 5.02. The molecule has 0 fully saturated rings. The van der Waals surface area contributed by atoms with Gasteiger partial charge in [0.05, 0.1) is 12.1 Å². The Bertz CT molecular complexity index is 629. The second-order valence-corrected chi connectivity index (χ2v) is 5.77. The lowest BCUT2D eigenvalue weighted by Crippen LogP contribution is -2.45. The van der Waals surface area contributed by atoms with E-state index >= 15 is 0 Å². The van der Waals surface area contributed by atoms with E-state index in [1.807, 2.05) is 13.8 Å². The van der Waals surface area contributed by atoms with Crippen molar-refractivity contribution in [3.8, 4) is 0 Å². The molecule has 132 valence electrons. The summed E-state index contributed by atoms with van der Waals surface area (Å²) in [5, 5.41) is 18.1. The van der Waals surface area contributed by atoms with Crippen LogP contribution in [0.25, 0.3) is 0 Å². The molecule has 0 aromatic heterocycles. The standard InChI is InChI=1S/C15H18F3N3O3/c1-9(2)20-13(22)19-8-10-3-5-11(6-4-10)12-7-14(23,24-21-12)15(16,17)18/h3-6,9,23H,7-8H2,1-2H3,(H2,19,20,22). The van der Waals surface area contributed by atoms with E-state index in [9.17, 15) is 23.1 Å². The number of alkyl halides is 3. The van der Waals surface area contributed by atoms with Gasteiger partial charge in [0.1, 0.15) is 0 Å². The van der Waals surface area contributed by atoms with Gasteiger partial charge in [-0.3, -0.25) is 0 Å². The van der Waals surface area contributed by atoms with E-state index in [4.69, 9.17) is 0 Å². The minimum atomic E-state index is -4.92. The fraction of sp³-hybridized carbons (Fsp3) is 0.467. The van der Waals surface area contributed by atoms with E-state index in [1.165, 1.54) is 0 Å². The van der Waals surface area contributed by atoms with E-state index in [1.54, 1.807) is 24.3 Å². The zero-order chi connectivity index (χ0) is 18.0. The van der Waals surface area contributed by atoms with Crippen LogP contribution in [0.2, 0.25) is 0 Å². The molecule has 0 bridgehead atoms. The number of oxime groups is 1. The highest BCUT2D eigenvalue weighted by atomic mass is 19.4. The molecule has 0 spiro atoms. The predicted octanol–water partition coefficient (Wildman–Crippen LogP) is 2.27. The van der Waals surface area contributed by atoms with Crippen molar-refractivity contribution in [3.05, 3.63) is 35.4 Å². The maximum Gasteiger partial charge on any atom is 0.458 e. The largest absolute Gasteiger partial charge is 0.458 e. The van der Waals surface area contributed by atoms with Crippen molar-refractivity contribution >= 4 is 11.7 Å². The predicted molar refractivity (Wildman–Crippen MR) is 80.2 cm³/mol. The molecule has 6 nitrogen and oxygen atoms in total. The molecule has 1 aromatic carbocycles. The van der Waals surface area contributed by atoms with Crippen LogP contribution in [-0.4, -0.2) is 34.9 Å². The van der Waals surface area contributed by atoms with Crippen LogP contribution < -0.4 is 10.6 Å². The van der Waals surface area contributed by atoms with E-state index in [0.717, 1.165) is 5.56 Å². The molecule has 1 aliphatic rings. The number of rotatable bonds is 4. The van der Waals surface area contributed by atoms with Gasteiger partial charge >= 0.3 is 18.0 Å². The summed E-state index contributed by atoms with van der Waals surface area (Å²) >= 11 is 0. The van der Waals surface area contributed by atoms with Gasteiger partial charge in [0.15, 0.2) is 0 Å². The first-order valence-corrected chi connectivity index (χ1v) is 7.28. The lowest BCUT2D eigenvalue weighted by atomic mass is 10.0. The Morgan fingerprint density at radius 3 is 2.50 bits per heavy atom. The maximum absolute atomic E-state index is 12.7. The van der Waals surface area contributed by atoms with Crippen molar-refractivity contribution in [3.63, 3.8) is 0 Å². The Labute approximate surface area is 136 Å². The first-order valence-electron chi connectivity index (χ1n) is 7.28. The van der Waals surface area contributed by atoms with Gasteiger partial charge in [-0.2, -0.15) is 13.2 Å². The number of carbonyl (C=O) groups excluding carboxylic acids is 1. The minimum absolute atomic E-state index is 0.00638. The molecule has 1 aromatic rings. The number of nitrogens with one attached hydrogen (secondary N) is 2. The second kappa shape index (κ2) is 6.68. The number of nitrogens with zero attached hydrogens (tertiary/aromatic N) is 1. The zero-order valence-electron chi connectivity index (χ0n) is 13.1. The Balaban J connectivity index is 1.95. The van der Waals surface area contributed by atoms with Crippen molar-refractivity contribution in [2.75, 3.05) is 0 Å². The third-order valence-corrected chi connectivity index (χ3v) is 3.32. The van der Waals surface area contributed by atoms with Crippen molar-refractivity contribution in [1.29, 1.82) is 0 Å². The maximum atomic E-state index is 12.7. The quantitative estimate of drug-likeness (QED) is 0.783. The van der Waals surface area contributed by atoms with Crippen LogP contribution in [0.1, 0.15) is 31.4 Å². The van der Waals surface area contributed by atoms with Gasteiger partial charge < -0.3 is 20.6 Å². The zero-order valence-corrected chi connectivity index (χ0v) is 13.1. The highest BCUT2D eigenvalue weighted by Crippen LogP contribution is 2.38. The van der Waals surface area contributed by atoms with Crippen LogP contribution in [0.5, 0.6) is 0 Å². The molecule has 9 heteroatoms.